The maximum atomic E-state index is 12.5. The second-order valence-corrected chi connectivity index (χ2v) is 6.33. The minimum atomic E-state index is -0.180. The summed E-state index contributed by atoms with van der Waals surface area (Å²) >= 11 is 0. The van der Waals surface area contributed by atoms with Crippen LogP contribution >= 0.6 is 0 Å². The summed E-state index contributed by atoms with van der Waals surface area (Å²) in [5, 5.41) is 5.81. The molecule has 2 N–H and O–H groups in total. The number of benzene rings is 2. The zero-order valence-electron chi connectivity index (χ0n) is 13.8. The van der Waals surface area contributed by atoms with Gasteiger partial charge in [0.25, 0.3) is 5.91 Å². The van der Waals surface area contributed by atoms with Crippen LogP contribution in [0.2, 0.25) is 0 Å². The summed E-state index contributed by atoms with van der Waals surface area (Å²) in [6.07, 6.45) is 2.98. The van der Waals surface area contributed by atoms with E-state index in [1.165, 1.54) is 5.56 Å². The van der Waals surface area contributed by atoms with Crippen LogP contribution in [0.4, 0.5) is 5.69 Å². The molecule has 24 heavy (non-hydrogen) atoms. The molecule has 0 spiro atoms. The Kier molecular flexibility index (Phi) is 4.94. The molecule has 1 aliphatic carbocycles. The third kappa shape index (κ3) is 3.82. The van der Waals surface area contributed by atoms with Gasteiger partial charge in [-0.1, -0.05) is 48.4 Å². The molecule has 0 aliphatic heterocycles. The van der Waals surface area contributed by atoms with Gasteiger partial charge in [-0.05, 0) is 37.5 Å². The van der Waals surface area contributed by atoms with Crippen LogP contribution in [-0.4, -0.2) is 11.8 Å². The lowest BCUT2D eigenvalue weighted by Gasteiger charge is -2.24. The summed E-state index contributed by atoms with van der Waals surface area (Å²) in [6, 6.07) is 15.2. The highest BCUT2D eigenvalue weighted by Crippen LogP contribution is 2.28. The summed E-state index contributed by atoms with van der Waals surface area (Å²) in [6.45, 7) is 2.49. The molecule has 124 valence electrons. The van der Waals surface area contributed by atoms with Crippen LogP contribution in [0.15, 0.2) is 48.5 Å². The van der Waals surface area contributed by atoms with E-state index in [4.69, 9.17) is 0 Å². The Morgan fingerprint density at radius 1 is 1.04 bits per heavy atom. The van der Waals surface area contributed by atoms with E-state index in [-0.39, 0.29) is 17.7 Å². The molecular formula is C20H22N2O2. The second kappa shape index (κ2) is 7.30. The largest absolute Gasteiger partial charge is 0.348 e. The molecule has 2 amide bonds. The quantitative estimate of drug-likeness (QED) is 0.882. The van der Waals surface area contributed by atoms with Crippen molar-refractivity contribution in [2.75, 3.05) is 5.32 Å². The topological polar surface area (TPSA) is 58.2 Å². The SMILES string of the molecule is Cc1ccc(CNC(=O)c2ccccc2NC(=O)C2CCC2)cc1. The minimum absolute atomic E-state index is 0.0139. The van der Waals surface area contributed by atoms with Gasteiger partial charge in [0.05, 0.1) is 11.3 Å². The molecule has 3 rings (SSSR count). The van der Waals surface area contributed by atoms with Gasteiger partial charge in [-0.25, -0.2) is 0 Å². The molecule has 0 atom stereocenters. The van der Waals surface area contributed by atoms with Crippen molar-refractivity contribution in [3.05, 3.63) is 65.2 Å². The van der Waals surface area contributed by atoms with E-state index in [2.05, 4.69) is 10.6 Å². The van der Waals surface area contributed by atoms with Crippen LogP contribution in [0.3, 0.4) is 0 Å². The number of amides is 2. The van der Waals surface area contributed by atoms with Gasteiger partial charge >= 0.3 is 0 Å². The number of hydrogen-bond acceptors (Lipinski definition) is 2. The highest BCUT2D eigenvalue weighted by molar-refractivity contribution is 6.04. The number of anilines is 1. The third-order valence-electron chi connectivity index (χ3n) is 4.48. The van der Waals surface area contributed by atoms with Crippen LogP contribution < -0.4 is 10.6 Å². The van der Waals surface area contributed by atoms with E-state index in [0.717, 1.165) is 24.8 Å². The number of para-hydroxylation sites is 1. The Bertz CT molecular complexity index is 734. The predicted molar refractivity (Wildman–Crippen MR) is 94.8 cm³/mol. The van der Waals surface area contributed by atoms with Crippen LogP contribution in [0.5, 0.6) is 0 Å². The van der Waals surface area contributed by atoms with Gasteiger partial charge in [0.15, 0.2) is 0 Å². The summed E-state index contributed by atoms with van der Waals surface area (Å²) in [4.78, 5) is 24.6. The van der Waals surface area contributed by atoms with Crippen LogP contribution in [-0.2, 0) is 11.3 Å². The first-order valence-corrected chi connectivity index (χ1v) is 8.37. The molecular weight excluding hydrogens is 300 g/mol. The van der Waals surface area contributed by atoms with Crippen molar-refractivity contribution < 1.29 is 9.59 Å². The molecule has 1 aliphatic rings. The summed E-state index contributed by atoms with van der Waals surface area (Å²) in [5.74, 6) is -0.0752. The van der Waals surface area contributed by atoms with Crippen molar-refractivity contribution in [1.82, 2.24) is 5.32 Å². The highest BCUT2D eigenvalue weighted by Gasteiger charge is 2.26. The molecule has 0 saturated heterocycles. The number of hydrogen-bond donors (Lipinski definition) is 2. The van der Waals surface area contributed by atoms with Gasteiger partial charge in [0.2, 0.25) is 5.91 Å². The van der Waals surface area contributed by atoms with E-state index in [1.54, 1.807) is 18.2 Å². The van der Waals surface area contributed by atoms with Crippen molar-refractivity contribution in [1.29, 1.82) is 0 Å². The molecule has 0 aromatic heterocycles. The average Bonchev–Trinajstić information content (AvgIpc) is 2.53. The first kappa shape index (κ1) is 16.2. The van der Waals surface area contributed by atoms with Crippen molar-refractivity contribution in [3.63, 3.8) is 0 Å². The maximum Gasteiger partial charge on any atom is 0.253 e. The molecule has 1 saturated carbocycles. The van der Waals surface area contributed by atoms with E-state index < -0.39 is 0 Å². The molecule has 0 heterocycles. The Labute approximate surface area is 142 Å². The predicted octanol–water partition coefficient (Wildman–Crippen LogP) is 3.66. The number of nitrogens with one attached hydrogen (secondary N) is 2. The summed E-state index contributed by atoms with van der Waals surface area (Å²) in [5.41, 5.74) is 3.31. The van der Waals surface area contributed by atoms with Crippen molar-refractivity contribution in [2.24, 2.45) is 5.92 Å². The molecule has 4 nitrogen and oxygen atoms in total. The van der Waals surface area contributed by atoms with E-state index in [0.29, 0.717) is 17.8 Å². The smallest absolute Gasteiger partial charge is 0.253 e. The third-order valence-corrected chi connectivity index (χ3v) is 4.48. The molecule has 2 aromatic rings. The molecule has 1 fully saturated rings. The molecule has 0 bridgehead atoms. The Morgan fingerprint density at radius 2 is 1.75 bits per heavy atom. The maximum absolute atomic E-state index is 12.5. The van der Waals surface area contributed by atoms with Gasteiger partial charge in [-0.2, -0.15) is 0 Å². The van der Waals surface area contributed by atoms with Gasteiger partial charge in [-0.3, -0.25) is 9.59 Å². The average molecular weight is 322 g/mol. The zero-order valence-corrected chi connectivity index (χ0v) is 13.8. The number of rotatable bonds is 5. The number of aryl methyl sites for hydroxylation is 1. The van der Waals surface area contributed by atoms with Crippen LogP contribution in [0.25, 0.3) is 0 Å². The van der Waals surface area contributed by atoms with E-state index in [1.807, 2.05) is 37.3 Å². The molecule has 4 heteroatoms. The molecule has 0 radical (unpaired) electrons. The van der Waals surface area contributed by atoms with Crippen molar-refractivity contribution >= 4 is 17.5 Å². The highest BCUT2D eigenvalue weighted by atomic mass is 16.2. The van der Waals surface area contributed by atoms with Crippen molar-refractivity contribution in [2.45, 2.75) is 32.7 Å². The first-order valence-electron chi connectivity index (χ1n) is 8.37. The van der Waals surface area contributed by atoms with Gasteiger partial charge in [0.1, 0.15) is 0 Å². The fourth-order valence-electron chi connectivity index (χ4n) is 2.68. The molecule has 0 unspecified atom stereocenters. The van der Waals surface area contributed by atoms with Gasteiger partial charge in [0, 0.05) is 12.5 Å². The number of carbonyl (C=O) groups excluding carboxylic acids is 2. The Morgan fingerprint density at radius 3 is 2.42 bits per heavy atom. The molecule has 2 aromatic carbocycles. The zero-order chi connectivity index (χ0) is 16.9. The monoisotopic (exact) mass is 322 g/mol. The standard InChI is InChI=1S/C20H22N2O2/c1-14-9-11-15(12-10-14)13-21-20(24)17-7-2-3-8-18(17)22-19(23)16-5-4-6-16/h2-3,7-12,16H,4-6,13H2,1H3,(H,21,24)(H,22,23). The van der Waals surface area contributed by atoms with Gasteiger partial charge < -0.3 is 10.6 Å². The summed E-state index contributed by atoms with van der Waals surface area (Å²) < 4.78 is 0. The van der Waals surface area contributed by atoms with E-state index in [9.17, 15) is 9.59 Å². The van der Waals surface area contributed by atoms with E-state index >= 15 is 0 Å². The van der Waals surface area contributed by atoms with Crippen LogP contribution in [0.1, 0.15) is 40.7 Å². The van der Waals surface area contributed by atoms with Crippen molar-refractivity contribution in [3.8, 4) is 0 Å². The minimum Gasteiger partial charge on any atom is -0.348 e. The summed E-state index contributed by atoms with van der Waals surface area (Å²) in [7, 11) is 0. The van der Waals surface area contributed by atoms with Crippen LogP contribution in [0, 0.1) is 12.8 Å². The lowest BCUT2D eigenvalue weighted by atomic mass is 9.85. The lowest BCUT2D eigenvalue weighted by Crippen LogP contribution is -2.30. The van der Waals surface area contributed by atoms with Gasteiger partial charge in [-0.15, -0.1) is 0 Å². The second-order valence-electron chi connectivity index (χ2n) is 6.33. The first-order chi connectivity index (χ1) is 11.6. The lowest BCUT2D eigenvalue weighted by molar-refractivity contribution is -0.122. The fraction of sp³-hybridized carbons (Fsp3) is 0.300. The Hall–Kier alpha value is -2.62. The Balaban J connectivity index is 1.65. The fourth-order valence-corrected chi connectivity index (χ4v) is 2.68. The normalized spacial score (nSPS) is 13.9. The number of carbonyl (C=O) groups is 2.